The third-order valence-electron chi connectivity index (χ3n) is 7.13. The maximum absolute atomic E-state index is 15.1. The van der Waals surface area contributed by atoms with Crippen LogP contribution in [0.3, 0.4) is 0 Å². The highest BCUT2D eigenvalue weighted by atomic mass is 19.1. The van der Waals surface area contributed by atoms with Crippen molar-refractivity contribution in [1.29, 1.82) is 0 Å². The molecule has 4 heterocycles. The van der Waals surface area contributed by atoms with Crippen LogP contribution < -0.4 is 26.4 Å². The van der Waals surface area contributed by atoms with Crippen molar-refractivity contribution in [3.05, 3.63) is 87.6 Å². The van der Waals surface area contributed by atoms with Gasteiger partial charge in [0.15, 0.2) is 0 Å². The topological polar surface area (TPSA) is 104 Å². The molecule has 2 unspecified atom stereocenters. The molecule has 2 aliphatic heterocycles. The number of amides is 1. The van der Waals surface area contributed by atoms with Crippen molar-refractivity contribution < 1.29 is 9.18 Å². The average Bonchev–Trinajstić information content (AvgIpc) is 2.93. The van der Waals surface area contributed by atoms with Crippen LogP contribution >= 0.6 is 0 Å². The maximum Gasteiger partial charge on any atom is 0.269 e. The molecule has 1 amide bonds. The number of aromatic nitrogens is 3. The van der Waals surface area contributed by atoms with Gasteiger partial charge in [0.25, 0.3) is 11.5 Å². The molecule has 10 heteroatoms. The number of terminal acetylenes is 1. The number of rotatable bonds is 4. The third kappa shape index (κ3) is 4.57. The van der Waals surface area contributed by atoms with Crippen molar-refractivity contribution in [2.45, 2.75) is 25.6 Å². The number of halogens is 1. The van der Waals surface area contributed by atoms with Gasteiger partial charge in [0.2, 0.25) is 5.95 Å². The Labute approximate surface area is 224 Å². The predicted molar refractivity (Wildman–Crippen MR) is 148 cm³/mol. The zero-order chi connectivity index (χ0) is 27.1. The molecule has 2 atom stereocenters. The van der Waals surface area contributed by atoms with Gasteiger partial charge in [0, 0.05) is 54.9 Å². The first-order valence-corrected chi connectivity index (χ1v) is 12.7. The van der Waals surface area contributed by atoms with Crippen molar-refractivity contribution in [3.8, 4) is 12.3 Å². The van der Waals surface area contributed by atoms with E-state index in [0.717, 1.165) is 25.2 Å². The van der Waals surface area contributed by atoms with Gasteiger partial charge in [-0.3, -0.25) is 14.2 Å². The van der Waals surface area contributed by atoms with E-state index in [2.05, 4.69) is 38.8 Å². The van der Waals surface area contributed by atoms with Crippen LogP contribution in [0.15, 0.2) is 59.5 Å². The molecule has 1 fully saturated rings. The van der Waals surface area contributed by atoms with E-state index >= 15 is 4.39 Å². The fraction of sp³-hybridized carbons (Fsp3) is 0.241. The lowest BCUT2D eigenvalue weighted by Crippen LogP contribution is -2.49. The molecule has 3 N–H and O–H groups in total. The van der Waals surface area contributed by atoms with Crippen LogP contribution in [0.4, 0.5) is 21.7 Å². The van der Waals surface area contributed by atoms with E-state index in [4.69, 9.17) is 6.42 Å². The molecule has 9 nitrogen and oxygen atoms in total. The number of benzene rings is 2. The first kappa shape index (κ1) is 24.6. The van der Waals surface area contributed by atoms with Gasteiger partial charge < -0.3 is 20.9 Å². The van der Waals surface area contributed by atoms with Gasteiger partial charge in [-0.25, -0.2) is 9.37 Å². The van der Waals surface area contributed by atoms with Crippen molar-refractivity contribution >= 4 is 34.3 Å². The van der Waals surface area contributed by atoms with E-state index in [-0.39, 0.29) is 29.3 Å². The van der Waals surface area contributed by atoms with E-state index in [9.17, 15) is 9.59 Å². The predicted octanol–water partition coefficient (Wildman–Crippen LogP) is 2.94. The van der Waals surface area contributed by atoms with Gasteiger partial charge in [0.1, 0.15) is 17.6 Å². The SMILES string of the molecule is C#Cc1cc2cnc(Nc3ccc(N4CCNC(C)C4)c(F)c3)nc2n(C2Cc3ccccc3C(=O)N2)c1=O. The first-order valence-electron chi connectivity index (χ1n) is 12.7. The van der Waals surface area contributed by atoms with Crippen LogP contribution in [0.25, 0.3) is 11.0 Å². The lowest BCUT2D eigenvalue weighted by atomic mass is 9.98. The molecule has 1 saturated heterocycles. The van der Waals surface area contributed by atoms with Crippen LogP contribution in [0.2, 0.25) is 0 Å². The monoisotopic (exact) mass is 523 g/mol. The number of piperazine rings is 1. The van der Waals surface area contributed by atoms with Gasteiger partial charge in [-0.2, -0.15) is 4.98 Å². The zero-order valence-corrected chi connectivity index (χ0v) is 21.2. The summed E-state index contributed by atoms with van der Waals surface area (Å²) in [5.41, 5.74) is 2.38. The number of carbonyl (C=O) groups excluding carboxylic acids is 1. The normalized spacial score (nSPS) is 18.8. The maximum atomic E-state index is 15.1. The molecule has 196 valence electrons. The summed E-state index contributed by atoms with van der Waals surface area (Å²) >= 11 is 0. The minimum absolute atomic E-state index is 0.139. The molecule has 4 aromatic rings. The highest BCUT2D eigenvalue weighted by molar-refractivity contribution is 5.97. The number of hydrogen-bond donors (Lipinski definition) is 3. The zero-order valence-electron chi connectivity index (χ0n) is 21.2. The fourth-order valence-corrected chi connectivity index (χ4v) is 5.26. The second-order valence-corrected chi connectivity index (χ2v) is 9.79. The van der Waals surface area contributed by atoms with Gasteiger partial charge in [-0.05, 0) is 42.8 Å². The van der Waals surface area contributed by atoms with Gasteiger partial charge in [0.05, 0.1) is 11.3 Å². The van der Waals surface area contributed by atoms with E-state index in [1.807, 2.05) is 17.0 Å². The van der Waals surface area contributed by atoms with E-state index in [1.54, 1.807) is 36.5 Å². The summed E-state index contributed by atoms with van der Waals surface area (Å²) in [5, 5.41) is 9.84. The lowest BCUT2D eigenvalue weighted by molar-refractivity contribution is 0.0905. The molecule has 39 heavy (non-hydrogen) atoms. The highest BCUT2D eigenvalue weighted by Crippen LogP contribution is 2.27. The summed E-state index contributed by atoms with van der Waals surface area (Å²) in [5.74, 6) is 1.97. The molecular formula is C29H26FN7O2. The Balaban J connectivity index is 1.36. The first-order chi connectivity index (χ1) is 18.9. The second kappa shape index (κ2) is 9.85. The van der Waals surface area contributed by atoms with Crippen molar-refractivity contribution in [3.63, 3.8) is 0 Å². The summed E-state index contributed by atoms with van der Waals surface area (Å²) in [4.78, 5) is 37.2. The fourth-order valence-electron chi connectivity index (χ4n) is 5.26. The Hall–Kier alpha value is -4.75. The van der Waals surface area contributed by atoms with Crippen molar-refractivity contribution in [2.75, 3.05) is 29.9 Å². The minimum atomic E-state index is -0.698. The smallest absolute Gasteiger partial charge is 0.269 e. The standard InChI is InChI=1S/C29H26FN7O2/c1-3-18-12-20-15-32-29(33-21-8-9-24(23(30)14-21)36-11-10-31-17(2)16-36)35-26(20)37(28(18)39)25-13-19-6-4-5-7-22(19)27(38)34-25/h1,4-9,12,14-15,17,25,31H,10-11,13,16H2,2H3,(H,34,38)(H,32,33,35). The molecule has 2 aromatic carbocycles. The lowest BCUT2D eigenvalue weighted by Gasteiger charge is -2.33. The van der Waals surface area contributed by atoms with Crippen LogP contribution in [0, 0.1) is 18.2 Å². The summed E-state index contributed by atoms with van der Waals surface area (Å²) in [7, 11) is 0. The van der Waals surface area contributed by atoms with E-state index < -0.39 is 11.7 Å². The van der Waals surface area contributed by atoms with E-state index in [0.29, 0.717) is 34.4 Å². The summed E-state index contributed by atoms with van der Waals surface area (Å²) in [6.45, 7) is 4.31. The number of nitrogens with zero attached hydrogens (tertiary/aromatic N) is 4. The molecule has 0 bridgehead atoms. The minimum Gasteiger partial charge on any atom is -0.366 e. The van der Waals surface area contributed by atoms with E-state index in [1.165, 1.54) is 10.6 Å². The number of hydrogen-bond acceptors (Lipinski definition) is 7. The van der Waals surface area contributed by atoms with Crippen molar-refractivity contribution in [1.82, 2.24) is 25.2 Å². The largest absolute Gasteiger partial charge is 0.366 e. The number of fused-ring (bicyclic) bond motifs is 2. The molecule has 0 radical (unpaired) electrons. The van der Waals surface area contributed by atoms with Gasteiger partial charge in [-0.1, -0.05) is 24.1 Å². The molecule has 0 saturated carbocycles. The van der Waals surface area contributed by atoms with Gasteiger partial charge >= 0.3 is 0 Å². The summed E-state index contributed by atoms with van der Waals surface area (Å²) in [6, 6.07) is 14.0. The molecule has 2 aromatic heterocycles. The Morgan fingerprint density at radius 2 is 2.03 bits per heavy atom. The Morgan fingerprint density at radius 1 is 1.18 bits per heavy atom. The molecule has 0 aliphatic carbocycles. The van der Waals surface area contributed by atoms with Crippen LogP contribution in [0.5, 0.6) is 0 Å². The average molecular weight is 524 g/mol. The number of carbonyl (C=O) groups is 1. The van der Waals surface area contributed by atoms with Gasteiger partial charge in [-0.15, -0.1) is 6.42 Å². The van der Waals surface area contributed by atoms with Crippen LogP contribution in [-0.2, 0) is 6.42 Å². The molecule has 2 aliphatic rings. The third-order valence-corrected chi connectivity index (χ3v) is 7.13. The van der Waals surface area contributed by atoms with Crippen molar-refractivity contribution in [2.24, 2.45) is 0 Å². The Morgan fingerprint density at radius 3 is 2.82 bits per heavy atom. The second-order valence-electron chi connectivity index (χ2n) is 9.79. The number of pyridine rings is 1. The summed E-state index contributed by atoms with van der Waals surface area (Å²) < 4.78 is 16.5. The van der Waals surface area contributed by atoms with Crippen LogP contribution in [-0.4, -0.2) is 46.1 Å². The Bertz CT molecular complexity index is 1710. The highest BCUT2D eigenvalue weighted by Gasteiger charge is 2.28. The molecule has 6 rings (SSSR count). The summed E-state index contributed by atoms with van der Waals surface area (Å²) in [6.07, 6.45) is 6.85. The Kier molecular flexibility index (Phi) is 6.21. The number of nitrogens with one attached hydrogen (secondary N) is 3. The molecule has 0 spiro atoms. The molecular weight excluding hydrogens is 497 g/mol. The van der Waals surface area contributed by atoms with Crippen LogP contribution in [0.1, 0.15) is 34.6 Å². The number of anilines is 3. The quantitative estimate of drug-likeness (QED) is 0.354.